The van der Waals surface area contributed by atoms with Crippen LogP contribution in [0.15, 0.2) is 10.6 Å². The summed E-state index contributed by atoms with van der Waals surface area (Å²) in [6.45, 7) is 4.01. The second-order valence-corrected chi connectivity index (χ2v) is 3.57. The average molecular weight is 197 g/mol. The monoisotopic (exact) mass is 197 g/mol. The van der Waals surface area contributed by atoms with Gasteiger partial charge >= 0.3 is 5.97 Å². The topological polar surface area (TPSA) is 63.3 Å². The molecule has 1 heterocycles. The van der Waals surface area contributed by atoms with Gasteiger partial charge < -0.3 is 9.52 Å². The Hall–Kier alpha value is -1.32. The maximum atomic E-state index is 10.3. The first kappa shape index (κ1) is 10.8. The van der Waals surface area contributed by atoms with Crippen LogP contribution >= 0.6 is 0 Å². The molecule has 0 saturated carbocycles. The molecular formula is C10H15NO3. The number of rotatable bonds is 5. The van der Waals surface area contributed by atoms with Crippen molar-refractivity contribution in [3.63, 3.8) is 0 Å². The lowest BCUT2D eigenvalue weighted by atomic mass is 10.2. The molecule has 78 valence electrons. The fraction of sp³-hybridized carbons (Fsp3) is 0.600. The molecular weight excluding hydrogens is 182 g/mol. The highest BCUT2D eigenvalue weighted by Gasteiger charge is 2.07. The first-order valence-corrected chi connectivity index (χ1v) is 4.76. The minimum absolute atomic E-state index is 0.178. The molecule has 0 radical (unpaired) electrons. The van der Waals surface area contributed by atoms with Crippen LogP contribution in [0.4, 0.5) is 0 Å². The standard InChI is InChI=1S/C10H15NO3/c1-7(2)10-11-6-8(14-10)4-3-5-9(12)13/h6-7H,3-5H2,1-2H3,(H,12,13). The molecule has 14 heavy (non-hydrogen) atoms. The van der Waals surface area contributed by atoms with E-state index in [4.69, 9.17) is 9.52 Å². The third kappa shape index (κ3) is 3.20. The van der Waals surface area contributed by atoms with Gasteiger partial charge in [-0.05, 0) is 6.42 Å². The first-order valence-electron chi connectivity index (χ1n) is 4.76. The Bertz CT molecular complexity index is 304. The largest absolute Gasteiger partial charge is 0.481 e. The van der Waals surface area contributed by atoms with Crippen LogP contribution in [0.3, 0.4) is 0 Å². The van der Waals surface area contributed by atoms with Gasteiger partial charge in [0.25, 0.3) is 0 Å². The molecule has 4 nitrogen and oxygen atoms in total. The van der Waals surface area contributed by atoms with E-state index in [0.29, 0.717) is 12.8 Å². The molecule has 1 aromatic heterocycles. The molecule has 1 N–H and O–H groups in total. The Labute approximate surface area is 83.0 Å². The van der Waals surface area contributed by atoms with Gasteiger partial charge in [0.2, 0.25) is 0 Å². The second kappa shape index (κ2) is 4.79. The average Bonchev–Trinajstić information content (AvgIpc) is 2.52. The van der Waals surface area contributed by atoms with Crippen molar-refractivity contribution in [2.75, 3.05) is 0 Å². The Balaban J connectivity index is 2.40. The number of carboxylic acids is 1. The van der Waals surface area contributed by atoms with E-state index in [9.17, 15) is 4.79 Å². The smallest absolute Gasteiger partial charge is 0.303 e. The maximum absolute atomic E-state index is 10.3. The van der Waals surface area contributed by atoms with E-state index in [0.717, 1.165) is 11.7 Å². The Morgan fingerprint density at radius 2 is 2.36 bits per heavy atom. The van der Waals surface area contributed by atoms with Crippen molar-refractivity contribution in [3.05, 3.63) is 17.8 Å². The van der Waals surface area contributed by atoms with Crippen LogP contribution < -0.4 is 0 Å². The van der Waals surface area contributed by atoms with Gasteiger partial charge in [-0.25, -0.2) is 4.98 Å². The summed E-state index contributed by atoms with van der Waals surface area (Å²) in [5.41, 5.74) is 0. The molecule has 0 fully saturated rings. The van der Waals surface area contributed by atoms with Gasteiger partial charge in [-0.2, -0.15) is 0 Å². The molecule has 0 aliphatic carbocycles. The van der Waals surface area contributed by atoms with Gasteiger partial charge in [-0.3, -0.25) is 4.79 Å². The van der Waals surface area contributed by atoms with Crippen LogP contribution in [0.5, 0.6) is 0 Å². The van der Waals surface area contributed by atoms with E-state index in [2.05, 4.69) is 4.98 Å². The van der Waals surface area contributed by atoms with Gasteiger partial charge in [0.1, 0.15) is 5.76 Å². The van der Waals surface area contributed by atoms with Crippen LogP contribution in [-0.4, -0.2) is 16.1 Å². The van der Waals surface area contributed by atoms with E-state index in [-0.39, 0.29) is 12.3 Å². The quantitative estimate of drug-likeness (QED) is 0.786. The lowest BCUT2D eigenvalue weighted by Gasteiger charge is -1.96. The van der Waals surface area contributed by atoms with Crippen LogP contribution in [0.2, 0.25) is 0 Å². The fourth-order valence-electron chi connectivity index (χ4n) is 1.12. The zero-order valence-electron chi connectivity index (χ0n) is 8.49. The zero-order valence-corrected chi connectivity index (χ0v) is 8.49. The van der Waals surface area contributed by atoms with Crippen molar-refractivity contribution in [3.8, 4) is 0 Å². The summed E-state index contributed by atoms with van der Waals surface area (Å²) in [5, 5.41) is 8.44. The van der Waals surface area contributed by atoms with Crippen molar-refractivity contribution >= 4 is 5.97 Å². The summed E-state index contributed by atoms with van der Waals surface area (Å²) in [6.07, 6.45) is 3.10. The highest BCUT2D eigenvalue weighted by Crippen LogP contribution is 2.15. The Morgan fingerprint density at radius 3 is 2.86 bits per heavy atom. The van der Waals surface area contributed by atoms with Gasteiger partial charge in [-0.15, -0.1) is 0 Å². The van der Waals surface area contributed by atoms with Gasteiger partial charge in [0.05, 0.1) is 6.20 Å². The van der Waals surface area contributed by atoms with Crippen LogP contribution in [0.25, 0.3) is 0 Å². The Morgan fingerprint density at radius 1 is 1.64 bits per heavy atom. The molecule has 1 aromatic rings. The van der Waals surface area contributed by atoms with Crippen molar-refractivity contribution in [1.29, 1.82) is 0 Å². The third-order valence-corrected chi connectivity index (χ3v) is 1.88. The summed E-state index contributed by atoms with van der Waals surface area (Å²) >= 11 is 0. The summed E-state index contributed by atoms with van der Waals surface area (Å²) in [6, 6.07) is 0. The number of carbonyl (C=O) groups is 1. The minimum Gasteiger partial charge on any atom is -0.481 e. The summed E-state index contributed by atoms with van der Waals surface area (Å²) in [7, 11) is 0. The normalized spacial score (nSPS) is 10.8. The molecule has 1 rings (SSSR count). The van der Waals surface area contributed by atoms with Crippen molar-refractivity contribution < 1.29 is 14.3 Å². The third-order valence-electron chi connectivity index (χ3n) is 1.88. The molecule has 0 aromatic carbocycles. The second-order valence-electron chi connectivity index (χ2n) is 3.57. The molecule has 0 atom stereocenters. The lowest BCUT2D eigenvalue weighted by Crippen LogP contribution is -1.95. The minimum atomic E-state index is -0.770. The number of hydrogen-bond donors (Lipinski definition) is 1. The first-order chi connectivity index (χ1) is 6.59. The van der Waals surface area contributed by atoms with Crippen LogP contribution in [-0.2, 0) is 11.2 Å². The predicted molar refractivity (Wildman–Crippen MR) is 51.2 cm³/mol. The molecule has 0 aliphatic rings. The number of nitrogens with zero attached hydrogens (tertiary/aromatic N) is 1. The number of aliphatic carboxylic acids is 1. The molecule has 0 aliphatic heterocycles. The molecule has 0 saturated heterocycles. The van der Waals surface area contributed by atoms with E-state index in [1.165, 1.54) is 0 Å². The highest BCUT2D eigenvalue weighted by atomic mass is 16.4. The Kier molecular flexibility index (Phi) is 3.68. The molecule has 0 bridgehead atoms. The molecule has 0 spiro atoms. The number of aryl methyl sites for hydroxylation is 1. The van der Waals surface area contributed by atoms with E-state index in [1.807, 2.05) is 13.8 Å². The number of oxazole rings is 1. The molecule has 4 heteroatoms. The lowest BCUT2D eigenvalue weighted by molar-refractivity contribution is -0.137. The zero-order chi connectivity index (χ0) is 10.6. The van der Waals surface area contributed by atoms with Crippen LogP contribution in [0, 0.1) is 0 Å². The van der Waals surface area contributed by atoms with Gasteiger partial charge in [-0.1, -0.05) is 13.8 Å². The number of aromatic nitrogens is 1. The maximum Gasteiger partial charge on any atom is 0.303 e. The van der Waals surface area contributed by atoms with Gasteiger partial charge in [0.15, 0.2) is 5.89 Å². The number of carboxylic acid groups (broad SMARTS) is 1. The molecule has 0 unspecified atom stereocenters. The van der Waals surface area contributed by atoms with Gasteiger partial charge in [0, 0.05) is 18.8 Å². The number of hydrogen-bond acceptors (Lipinski definition) is 3. The van der Waals surface area contributed by atoms with Crippen molar-refractivity contribution in [2.45, 2.75) is 39.0 Å². The summed E-state index contributed by atoms with van der Waals surface area (Å²) in [4.78, 5) is 14.4. The molecule has 0 amide bonds. The van der Waals surface area contributed by atoms with E-state index >= 15 is 0 Å². The SMILES string of the molecule is CC(C)c1ncc(CCCC(=O)O)o1. The summed E-state index contributed by atoms with van der Waals surface area (Å²) in [5.74, 6) is 1.00. The fourth-order valence-corrected chi connectivity index (χ4v) is 1.12. The van der Waals surface area contributed by atoms with Crippen LogP contribution in [0.1, 0.15) is 44.3 Å². The highest BCUT2D eigenvalue weighted by molar-refractivity contribution is 5.66. The van der Waals surface area contributed by atoms with Crippen molar-refractivity contribution in [2.24, 2.45) is 0 Å². The van der Waals surface area contributed by atoms with Crippen molar-refractivity contribution in [1.82, 2.24) is 4.98 Å². The summed E-state index contributed by atoms with van der Waals surface area (Å²) < 4.78 is 5.42. The predicted octanol–water partition coefficient (Wildman–Crippen LogP) is 2.21. The van der Waals surface area contributed by atoms with E-state index < -0.39 is 5.97 Å². The van der Waals surface area contributed by atoms with E-state index in [1.54, 1.807) is 6.20 Å².